The summed E-state index contributed by atoms with van der Waals surface area (Å²) in [5.74, 6) is 3.83. The predicted molar refractivity (Wildman–Crippen MR) is 122 cm³/mol. The van der Waals surface area contributed by atoms with Crippen LogP contribution in [0.25, 0.3) is 6.08 Å². The van der Waals surface area contributed by atoms with Gasteiger partial charge in [0.2, 0.25) is 5.91 Å². The fourth-order valence-corrected chi connectivity index (χ4v) is 4.70. The highest BCUT2D eigenvalue weighted by atomic mass is 32.2. The van der Waals surface area contributed by atoms with Crippen LogP contribution in [0.4, 0.5) is 0 Å². The van der Waals surface area contributed by atoms with Gasteiger partial charge >= 0.3 is 0 Å². The lowest BCUT2D eigenvalue weighted by molar-refractivity contribution is -0.126. The molecule has 0 saturated carbocycles. The van der Waals surface area contributed by atoms with Crippen LogP contribution >= 0.6 is 11.8 Å². The summed E-state index contributed by atoms with van der Waals surface area (Å²) < 4.78 is 27.0. The fraction of sp³-hybridized carbons (Fsp3) is 0.348. The molecule has 7 nitrogen and oxygen atoms in total. The summed E-state index contributed by atoms with van der Waals surface area (Å²) in [6.45, 7) is 0.641. The van der Waals surface area contributed by atoms with E-state index >= 15 is 0 Å². The van der Waals surface area contributed by atoms with Crippen molar-refractivity contribution < 1.29 is 28.5 Å². The number of hydrogen-bond donors (Lipinski definition) is 0. The van der Waals surface area contributed by atoms with E-state index in [0.717, 1.165) is 16.9 Å². The van der Waals surface area contributed by atoms with Crippen LogP contribution in [0.5, 0.6) is 28.7 Å². The molecule has 8 heteroatoms. The Morgan fingerprint density at radius 3 is 2.13 bits per heavy atom. The number of ether oxygens (including phenoxy) is 5. The minimum Gasteiger partial charge on any atom is -0.496 e. The van der Waals surface area contributed by atoms with Crippen LogP contribution in [0.15, 0.2) is 36.4 Å². The SMILES string of the molecule is COc1ccc(/C=C/C(=O)N2CCSC2c2cc(OC)c(OC)cc2OC)cc1OC. The van der Waals surface area contributed by atoms with Gasteiger partial charge in [-0.3, -0.25) is 4.79 Å². The molecule has 1 amide bonds. The number of benzene rings is 2. The molecule has 0 bridgehead atoms. The van der Waals surface area contributed by atoms with E-state index in [2.05, 4.69) is 0 Å². The topological polar surface area (TPSA) is 66.5 Å². The summed E-state index contributed by atoms with van der Waals surface area (Å²) in [6.07, 6.45) is 3.35. The van der Waals surface area contributed by atoms with Gasteiger partial charge in [0.15, 0.2) is 23.0 Å². The lowest BCUT2D eigenvalue weighted by Crippen LogP contribution is -2.29. The highest BCUT2D eigenvalue weighted by Crippen LogP contribution is 2.46. The predicted octanol–water partition coefficient (Wildman–Crippen LogP) is 4.02. The van der Waals surface area contributed by atoms with E-state index in [-0.39, 0.29) is 11.3 Å². The third-order valence-electron chi connectivity index (χ3n) is 5.00. The lowest BCUT2D eigenvalue weighted by Gasteiger charge is -2.25. The molecular weight excluding hydrogens is 418 g/mol. The van der Waals surface area contributed by atoms with E-state index in [1.165, 1.54) is 0 Å². The highest BCUT2D eigenvalue weighted by molar-refractivity contribution is 7.99. The summed E-state index contributed by atoms with van der Waals surface area (Å²) in [5, 5.41) is -0.183. The van der Waals surface area contributed by atoms with Crippen molar-refractivity contribution in [2.75, 3.05) is 47.8 Å². The maximum absolute atomic E-state index is 13.0. The van der Waals surface area contributed by atoms with E-state index in [1.54, 1.807) is 65.5 Å². The summed E-state index contributed by atoms with van der Waals surface area (Å²) >= 11 is 1.69. The Labute approximate surface area is 186 Å². The minimum atomic E-state index is -0.183. The molecule has 1 heterocycles. The Balaban J connectivity index is 1.85. The number of carbonyl (C=O) groups is 1. The maximum atomic E-state index is 13.0. The second-order valence-corrected chi connectivity index (χ2v) is 7.84. The first-order chi connectivity index (χ1) is 15.1. The second-order valence-electron chi connectivity index (χ2n) is 6.65. The smallest absolute Gasteiger partial charge is 0.247 e. The average Bonchev–Trinajstić information content (AvgIpc) is 3.31. The van der Waals surface area contributed by atoms with Gasteiger partial charge in [-0.15, -0.1) is 11.8 Å². The van der Waals surface area contributed by atoms with E-state index < -0.39 is 0 Å². The summed E-state index contributed by atoms with van der Waals surface area (Å²) in [5.41, 5.74) is 1.72. The first kappa shape index (κ1) is 22.7. The molecule has 1 fully saturated rings. The zero-order valence-corrected chi connectivity index (χ0v) is 19.2. The quantitative estimate of drug-likeness (QED) is 0.569. The Morgan fingerprint density at radius 2 is 1.48 bits per heavy atom. The Hall–Kier alpha value is -3.00. The van der Waals surface area contributed by atoms with Crippen LogP contribution in [-0.2, 0) is 4.79 Å². The number of amides is 1. The molecule has 1 saturated heterocycles. The van der Waals surface area contributed by atoms with Crippen LogP contribution < -0.4 is 23.7 Å². The largest absolute Gasteiger partial charge is 0.496 e. The number of thioether (sulfide) groups is 1. The van der Waals surface area contributed by atoms with Crippen molar-refractivity contribution in [2.24, 2.45) is 0 Å². The first-order valence-electron chi connectivity index (χ1n) is 9.68. The van der Waals surface area contributed by atoms with E-state index in [1.807, 2.05) is 29.2 Å². The normalized spacial score (nSPS) is 15.8. The lowest BCUT2D eigenvalue weighted by atomic mass is 10.1. The number of rotatable bonds is 8. The molecule has 0 N–H and O–H groups in total. The van der Waals surface area contributed by atoms with Crippen LogP contribution in [0.1, 0.15) is 16.5 Å². The summed E-state index contributed by atoms with van der Waals surface area (Å²) in [6, 6.07) is 9.18. The monoisotopic (exact) mass is 445 g/mol. The molecule has 166 valence electrons. The Bertz CT molecular complexity index is 961. The number of nitrogens with zero attached hydrogens (tertiary/aromatic N) is 1. The van der Waals surface area contributed by atoms with Crippen LogP contribution in [0.2, 0.25) is 0 Å². The molecule has 2 aromatic rings. The van der Waals surface area contributed by atoms with E-state index in [0.29, 0.717) is 35.3 Å². The van der Waals surface area contributed by atoms with Gasteiger partial charge in [-0.25, -0.2) is 0 Å². The van der Waals surface area contributed by atoms with E-state index in [4.69, 9.17) is 23.7 Å². The molecule has 1 unspecified atom stereocenters. The highest BCUT2D eigenvalue weighted by Gasteiger charge is 2.32. The standard InChI is InChI=1S/C23H27NO6S/c1-26-17-8-6-15(12-19(17)28-3)7-9-22(25)24-10-11-31-23(24)16-13-20(29-4)21(30-5)14-18(16)27-2/h6-9,12-14,23H,10-11H2,1-5H3/b9-7+. The third-order valence-corrected chi connectivity index (χ3v) is 6.24. The Morgan fingerprint density at radius 1 is 0.871 bits per heavy atom. The molecule has 31 heavy (non-hydrogen) atoms. The summed E-state index contributed by atoms with van der Waals surface area (Å²) in [7, 11) is 7.94. The van der Waals surface area contributed by atoms with Crippen molar-refractivity contribution in [1.82, 2.24) is 4.90 Å². The van der Waals surface area contributed by atoms with E-state index in [9.17, 15) is 4.79 Å². The van der Waals surface area contributed by atoms with Crippen molar-refractivity contribution in [3.63, 3.8) is 0 Å². The molecule has 0 aromatic heterocycles. The zero-order valence-electron chi connectivity index (χ0n) is 18.3. The van der Waals surface area contributed by atoms with Crippen LogP contribution in [-0.4, -0.2) is 58.7 Å². The van der Waals surface area contributed by atoms with Gasteiger partial charge in [0.1, 0.15) is 11.1 Å². The van der Waals surface area contributed by atoms with Crippen molar-refractivity contribution in [1.29, 1.82) is 0 Å². The van der Waals surface area contributed by atoms with Gasteiger partial charge in [-0.1, -0.05) is 6.07 Å². The number of carbonyl (C=O) groups excluding carboxylic acids is 1. The first-order valence-corrected chi connectivity index (χ1v) is 10.7. The van der Waals surface area contributed by atoms with Crippen molar-refractivity contribution in [2.45, 2.75) is 5.37 Å². The molecule has 0 aliphatic carbocycles. The average molecular weight is 446 g/mol. The van der Waals surface area contributed by atoms with Crippen molar-refractivity contribution in [3.8, 4) is 28.7 Å². The Kier molecular flexibility index (Phi) is 7.57. The van der Waals surface area contributed by atoms with Crippen LogP contribution in [0, 0.1) is 0 Å². The van der Waals surface area contributed by atoms with Gasteiger partial charge < -0.3 is 28.6 Å². The molecule has 1 aliphatic rings. The molecular formula is C23H27NO6S. The number of hydrogen-bond acceptors (Lipinski definition) is 7. The zero-order chi connectivity index (χ0) is 22.4. The molecule has 0 spiro atoms. The fourth-order valence-electron chi connectivity index (χ4n) is 3.42. The van der Waals surface area contributed by atoms with Gasteiger partial charge in [0.25, 0.3) is 0 Å². The van der Waals surface area contributed by atoms with Crippen LogP contribution in [0.3, 0.4) is 0 Å². The molecule has 3 rings (SSSR count). The number of methoxy groups -OCH3 is 5. The molecule has 1 aliphatic heterocycles. The van der Waals surface area contributed by atoms with Crippen molar-refractivity contribution >= 4 is 23.7 Å². The van der Waals surface area contributed by atoms with Gasteiger partial charge in [-0.2, -0.15) is 0 Å². The molecule has 0 radical (unpaired) electrons. The van der Waals surface area contributed by atoms with Gasteiger partial charge in [-0.05, 0) is 29.8 Å². The third kappa shape index (κ3) is 4.85. The minimum absolute atomic E-state index is 0.0818. The second kappa shape index (κ2) is 10.3. The maximum Gasteiger partial charge on any atom is 0.247 e. The molecule has 2 aromatic carbocycles. The van der Waals surface area contributed by atoms with Gasteiger partial charge in [0.05, 0.1) is 35.5 Å². The summed E-state index contributed by atoms with van der Waals surface area (Å²) in [4.78, 5) is 14.9. The van der Waals surface area contributed by atoms with Crippen molar-refractivity contribution in [3.05, 3.63) is 47.5 Å². The van der Waals surface area contributed by atoms with Gasteiger partial charge in [0, 0.05) is 30.0 Å². The molecule has 1 atom stereocenters.